The van der Waals surface area contributed by atoms with E-state index in [2.05, 4.69) is 25.3 Å². The van der Waals surface area contributed by atoms with Crippen LogP contribution in [0.2, 0.25) is 0 Å². The maximum absolute atomic E-state index is 10.9. The van der Waals surface area contributed by atoms with Crippen molar-refractivity contribution in [2.45, 2.75) is 39.0 Å². The predicted octanol–water partition coefficient (Wildman–Crippen LogP) is 2.69. The summed E-state index contributed by atoms with van der Waals surface area (Å²) in [6.45, 7) is 6.04. The van der Waals surface area contributed by atoms with Crippen LogP contribution in [-0.4, -0.2) is 12.6 Å². The molecule has 0 bridgehead atoms. The second kappa shape index (κ2) is 9.85. The summed E-state index contributed by atoms with van der Waals surface area (Å²) in [7, 11) is 0. The van der Waals surface area contributed by atoms with Gasteiger partial charge in [-0.3, -0.25) is 0 Å². The standard InChI is InChI=1S/C12H18O2/c1-3-5-7-8-9-10-12(13)14-11-6-4-2/h4H,2-3,5-8,11H2,1H3. The number of ether oxygens (including phenoxy) is 1. The molecule has 0 aliphatic carbocycles. The molecule has 78 valence electrons. The second-order valence-corrected chi connectivity index (χ2v) is 2.97. The van der Waals surface area contributed by atoms with Gasteiger partial charge in [-0.25, -0.2) is 4.79 Å². The predicted molar refractivity (Wildman–Crippen MR) is 57.7 cm³/mol. The quantitative estimate of drug-likeness (QED) is 0.214. The first kappa shape index (κ1) is 12.8. The third-order valence-corrected chi connectivity index (χ3v) is 1.65. The molecular weight excluding hydrogens is 176 g/mol. The summed E-state index contributed by atoms with van der Waals surface area (Å²) < 4.78 is 4.81. The molecule has 0 rings (SSSR count). The molecule has 0 saturated carbocycles. The van der Waals surface area contributed by atoms with Crippen molar-refractivity contribution in [1.29, 1.82) is 0 Å². The van der Waals surface area contributed by atoms with Gasteiger partial charge in [-0.05, 0) is 12.8 Å². The molecule has 0 heterocycles. The topological polar surface area (TPSA) is 26.3 Å². The molecule has 0 spiro atoms. The van der Waals surface area contributed by atoms with Crippen molar-refractivity contribution in [2.75, 3.05) is 6.61 Å². The normalized spacial score (nSPS) is 8.64. The summed E-state index contributed by atoms with van der Waals surface area (Å²) >= 11 is 0. The van der Waals surface area contributed by atoms with Crippen molar-refractivity contribution in [2.24, 2.45) is 0 Å². The number of carbonyl (C=O) groups is 1. The van der Waals surface area contributed by atoms with Gasteiger partial charge in [0, 0.05) is 12.3 Å². The second-order valence-electron chi connectivity index (χ2n) is 2.97. The van der Waals surface area contributed by atoms with Crippen molar-refractivity contribution in [3.8, 4) is 11.8 Å². The molecule has 0 atom stereocenters. The third-order valence-electron chi connectivity index (χ3n) is 1.65. The Morgan fingerprint density at radius 2 is 2.29 bits per heavy atom. The van der Waals surface area contributed by atoms with Gasteiger partial charge >= 0.3 is 5.97 Å². The molecule has 2 heteroatoms. The molecule has 0 amide bonds. The number of esters is 1. The summed E-state index contributed by atoms with van der Waals surface area (Å²) in [5.74, 6) is 4.82. The summed E-state index contributed by atoms with van der Waals surface area (Å²) in [6, 6.07) is 0. The largest absolute Gasteiger partial charge is 0.456 e. The van der Waals surface area contributed by atoms with Gasteiger partial charge in [0.15, 0.2) is 0 Å². The maximum atomic E-state index is 10.9. The summed E-state index contributed by atoms with van der Waals surface area (Å²) in [5, 5.41) is 0. The number of carbonyl (C=O) groups excluding carboxylic acids is 1. The smallest absolute Gasteiger partial charge is 0.384 e. The zero-order valence-electron chi connectivity index (χ0n) is 8.84. The number of unbranched alkanes of at least 4 members (excludes halogenated alkanes) is 3. The SMILES string of the molecule is C=CCCOC(=O)C#CCCCCC. The molecule has 0 fully saturated rings. The van der Waals surface area contributed by atoms with Crippen molar-refractivity contribution < 1.29 is 9.53 Å². The van der Waals surface area contributed by atoms with Crippen LogP contribution in [0.3, 0.4) is 0 Å². The average Bonchev–Trinajstić information content (AvgIpc) is 2.18. The summed E-state index contributed by atoms with van der Waals surface area (Å²) in [5.41, 5.74) is 0. The summed E-state index contributed by atoms with van der Waals surface area (Å²) in [4.78, 5) is 10.9. The Bertz CT molecular complexity index is 220. The van der Waals surface area contributed by atoms with Crippen LogP contribution in [0.25, 0.3) is 0 Å². The van der Waals surface area contributed by atoms with Gasteiger partial charge in [0.25, 0.3) is 0 Å². The lowest BCUT2D eigenvalue weighted by Crippen LogP contribution is -2.01. The summed E-state index contributed by atoms with van der Waals surface area (Å²) in [6.07, 6.45) is 6.57. The van der Waals surface area contributed by atoms with E-state index in [1.165, 1.54) is 12.8 Å². The first-order valence-corrected chi connectivity index (χ1v) is 5.07. The van der Waals surface area contributed by atoms with E-state index in [4.69, 9.17) is 4.74 Å². The molecule has 0 aliphatic heterocycles. The Morgan fingerprint density at radius 1 is 1.50 bits per heavy atom. The Morgan fingerprint density at radius 3 is 2.93 bits per heavy atom. The lowest BCUT2D eigenvalue weighted by Gasteiger charge is -1.95. The van der Waals surface area contributed by atoms with Crippen LogP contribution in [-0.2, 0) is 9.53 Å². The minimum atomic E-state index is -0.427. The van der Waals surface area contributed by atoms with Crippen LogP contribution >= 0.6 is 0 Å². The van der Waals surface area contributed by atoms with Gasteiger partial charge in [0.2, 0.25) is 0 Å². The van der Waals surface area contributed by atoms with E-state index < -0.39 is 5.97 Å². The van der Waals surface area contributed by atoms with Gasteiger partial charge in [0.05, 0.1) is 6.61 Å². The highest BCUT2D eigenvalue weighted by atomic mass is 16.5. The lowest BCUT2D eigenvalue weighted by atomic mass is 10.2. The molecule has 0 N–H and O–H groups in total. The highest BCUT2D eigenvalue weighted by molar-refractivity contribution is 5.88. The molecule has 0 aromatic rings. The van der Waals surface area contributed by atoms with Gasteiger partial charge in [-0.1, -0.05) is 31.8 Å². The van der Waals surface area contributed by atoms with Gasteiger partial charge < -0.3 is 4.74 Å². The molecule has 0 radical (unpaired) electrons. The maximum Gasteiger partial charge on any atom is 0.384 e. The van der Waals surface area contributed by atoms with Crippen molar-refractivity contribution in [1.82, 2.24) is 0 Å². The zero-order chi connectivity index (χ0) is 10.6. The first-order chi connectivity index (χ1) is 6.81. The van der Waals surface area contributed by atoms with Gasteiger partial charge in [-0.2, -0.15) is 0 Å². The fourth-order valence-electron chi connectivity index (χ4n) is 0.869. The van der Waals surface area contributed by atoms with Gasteiger partial charge in [-0.15, -0.1) is 6.58 Å². The zero-order valence-corrected chi connectivity index (χ0v) is 8.84. The van der Waals surface area contributed by atoms with E-state index in [-0.39, 0.29) is 0 Å². The van der Waals surface area contributed by atoms with E-state index in [0.717, 1.165) is 12.8 Å². The number of hydrogen-bond acceptors (Lipinski definition) is 2. The Balaban J connectivity index is 3.44. The Labute approximate surface area is 86.3 Å². The molecule has 0 aliphatic rings. The molecule has 0 unspecified atom stereocenters. The van der Waals surface area contributed by atoms with E-state index in [1.807, 2.05) is 0 Å². The minimum Gasteiger partial charge on any atom is -0.456 e. The fourth-order valence-corrected chi connectivity index (χ4v) is 0.869. The van der Waals surface area contributed by atoms with Gasteiger partial charge in [0.1, 0.15) is 0 Å². The monoisotopic (exact) mass is 194 g/mol. The molecular formula is C12H18O2. The lowest BCUT2D eigenvalue weighted by molar-refractivity contribution is -0.136. The van der Waals surface area contributed by atoms with Crippen LogP contribution in [0.15, 0.2) is 12.7 Å². The number of rotatable bonds is 6. The molecule has 2 nitrogen and oxygen atoms in total. The molecule has 0 saturated heterocycles. The fraction of sp³-hybridized carbons (Fsp3) is 0.583. The Kier molecular flexibility index (Phi) is 8.99. The van der Waals surface area contributed by atoms with Crippen molar-refractivity contribution in [3.05, 3.63) is 12.7 Å². The van der Waals surface area contributed by atoms with Crippen molar-refractivity contribution in [3.63, 3.8) is 0 Å². The Hall–Kier alpha value is -1.23. The molecule has 14 heavy (non-hydrogen) atoms. The van der Waals surface area contributed by atoms with Crippen LogP contribution in [0, 0.1) is 11.8 Å². The van der Waals surface area contributed by atoms with E-state index in [0.29, 0.717) is 13.0 Å². The highest BCUT2D eigenvalue weighted by Gasteiger charge is 1.93. The highest BCUT2D eigenvalue weighted by Crippen LogP contribution is 1.96. The van der Waals surface area contributed by atoms with Crippen LogP contribution in [0.5, 0.6) is 0 Å². The average molecular weight is 194 g/mol. The van der Waals surface area contributed by atoms with Crippen LogP contribution in [0.4, 0.5) is 0 Å². The molecule has 0 aromatic heterocycles. The van der Waals surface area contributed by atoms with E-state index in [1.54, 1.807) is 6.08 Å². The first-order valence-electron chi connectivity index (χ1n) is 5.07. The molecule has 0 aromatic carbocycles. The number of hydrogen-bond donors (Lipinski definition) is 0. The van der Waals surface area contributed by atoms with E-state index >= 15 is 0 Å². The third kappa shape index (κ3) is 8.86. The van der Waals surface area contributed by atoms with Crippen LogP contribution in [0.1, 0.15) is 39.0 Å². The van der Waals surface area contributed by atoms with E-state index in [9.17, 15) is 4.79 Å². The van der Waals surface area contributed by atoms with Crippen LogP contribution < -0.4 is 0 Å². The van der Waals surface area contributed by atoms with Crippen molar-refractivity contribution >= 4 is 5.97 Å². The minimum absolute atomic E-state index is 0.381.